The van der Waals surface area contributed by atoms with E-state index in [-0.39, 0.29) is 5.54 Å². The van der Waals surface area contributed by atoms with E-state index in [9.17, 15) is 0 Å². The summed E-state index contributed by atoms with van der Waals surface area (Å²) in [5.41, 5.74) is 0.207. The van der Waals surface area contributed by atoms with Gasteiger partial charge in [-0.2, -0.15) is 0 Å². The summed E-state index contributed by atoms with van der Waals surface area (Å²) < 4.78 is 0. The first-order valence-corrected chi connectivity index (χ1v) is 8.38. The Morgan fingerprint density at radius 1 is 1.26 bits per heavy atom. The number of piperidine rings is 1. The third kappa shape index (κ3) is 3.39. The van der Waals surface area contributed by atoms with Crippen molar-refractivity contribution < 1.29 is 0 Å². The predicted octanol–water partition coefficient (Wildman–Crippen LogP) is 3.62. The Labute approximate surface area is 121 Å². The first kappa shape index (κ1) is 13.6. The average Bonchev–Trinajstić information content (AvgIpc) is 3.01. The minimum Gasteiger partial charge on any atom is -0.307 e. The minimum absolute atomic E-state index is 0.207. The number of hydrogen-bond acceptors (Lipinski definition) is 3. The fourth-order valence-corrected chi connectivity index (χ4v) is 4.36. The number of thiophene rings is 1. The van der Waals surface area contributed by atoms with Crippen LogP contribution in [0.2, 0.25) is 0 Å². The fourth-order valence-electron chi connectivity index (χ4n) is 3.38. The Morgan fingerprint density at radius 3 is 2.68 bits per heavy atom. The predicted molar refractivity (Wildman–Crippen MR) is 82.5 cm³/mol. The summed E-state index contributed by atoms with van der Waals surface area (Å²) >= 11 is 1.98. The normalized spacial score (nSPS) is 27.3. The summed E-state index contributed by atoms with van der Waals surface area (Å²) in [5.74, 6) is 1.01. The quantitative estimate of drug-likeness (QED) is 0.905. The third-order valence-corrected chi connectivity index (χ3v) is 5.46. The van der Waals surface area contributed by atoms with E-state index in [0.717, 1.165) is 18.5 Å². The molecule has 0 amide bonds. The molecule has 106 valence electrons. The number of likely N-dealkylation sites (tertiary alicyclic amines) is 1. The highest BCUT2D eigenvalue weighted by molar-refractivity contribution is 7.11. The molecule has 1 aliphatic heterocycles. The summed E-state index contributed by atoms with van der Waals surface area (Å²) in [5, 5.41) is 3.57. The van der Waals surface area contributed by atoms with Crippen molar-refractivity contribution in [2.45, 2.75) is 64.7 Å². The van der Waals surface area contributed by atoms with Gasteiger partial charge in [0.25, 0.3) is 0 Å². The van der Waals surface area contributed by atoms with Crippen LogP contribution in [0.25, 0.3) is 0 Å². The Balaban J connectivity index is 1.53. The maximum atomic E-state index is 3.57. The number of hydrogen-bond donors (Lipinski definition) is 1. The molecule has 0 spiro atoms. The van der Waals surface area contributed by atoms with E-state index in [1.807, 2.05) is 11.3 Å². The van der Waals surface area contributed by atoms with Gasteiger partial charge in [-0.15, -0.1) is 11.3 Å². The van der Waals surface area contributed by atoms with Crippen molar-refractivity contribution in [2.75, 3.05) is 6.54 Å². The Kier molecular flexibility index (Phi) is 3.71. The SMILES string of the molecule is CC(C)(C)NCc1ccc(CN2CC3CCC2C3)s1. The van der Waals surface area contributed by atoms with Crippen LogP contribution in [-0.2, 0) is 13.1 Å². The summed E-state index contributed by atoms with van der Waals surface area (Å²) in [6.45, 7) is 10.2. The van der Waals surface area contributed by atoms with Gasteiger partial charge in [-0.05, 0) is 58.1 Å². The summed E-state index contributed by atoms with van der Waals surface area (Å²) in [6.07, 6.45) is 4.38. The molecule has 1 N–H and O–H groups in total. The van der Waals surface area contributed by atoms with Gasteiger partial charge in [0.15, 0.2) is 0 Å². The Morgan fingerprint density at radius 2 is 2.05 bits per heavy atom. The molecule has 2 nitrogen and oxygen atoms in total. The highest BCUT2D eigenvalue weighted by Gasteiger charge is 2.37. The van der Waals surface area contributed by atoms with Gasteiger partial charge in [-0.1, -0.05) is 0 Å². The van der Waals surface area contributed by atoms with Crippen molar-refractivity contribution in [3.05, 3.63) is 21.9 Å². The molecule has 2 fully saturated rings. The number of nitrogens with one attached hydrogen (secondary N) is 1. The molecule has 1 aromatic heterocycles. The molecule has 2 atom stereocenters. The minimum atomic E-state index is 0.207. The lowest BCUT2D eigenvalue weighted by atomic mass is 10.1. The first-order valence-electron chi connectivity index (χ1n) is 7.56. The van der Waals surface area contributed by atoms with Crippen molar-refractivity contribution in [2.24, 2.45) is 5.92 Å². The van der Waals surface area contributed by atoms with Gasteiger partial charge in [0.05, 0.1) is 0 Å². The molecule has 3 heteroatoms. The van der Waals surface area contributed by atoms with Crippen LogP contribution in [0, 0.1) is 5.92 Å². The van der Waals surface area contributed by atoms with E-state index < -0.39 is 0 Å². The summed E-state index contributed by atoms with van der Waals surface area (Å²) in [7, 11) is 0. The van der Waals surface area contributed by atoms with Crippen molar-refractivity contribution in [1.82, 2.24) is 10.2 Å². The number of nitrogens with zero attached hydrogens (tertiary/aromatic N) is 1. The molecule has 0 aromatic carbocycles. The fraction of sp³-hybridized carbons (Fsp3) is 0.750. The topological polar surface area (TPSA) is 15.3 Å². The maximum Gasteiger partial charge on any atom is 0.0331 e. The van der Waals surface area contributed by atoms with Gasteiger partial charge < -0.3 is 5.32 Å². The second kappa shape index (κ2) is 5.19. The maximum absolute atomic E-state index is 3.57. The van der Waals surface area contributed by atoms with E-state index in [0.29, 0.717) is 0 Å². The smallest absolute Gasteiger partial charge is 0.0331 e. The first-order chi connectivity index (χ1) is 8.99. The van der Waals surface area contributed by atoms with Crippen LogP contribution in [-0.4, -0.2) is 23.0 Å². The largest absolute Gasteiger partial charge is 0.307 e. The van der Waals surface area contributed by atoms with E-state index in [4.69, 9.17) is 0 Å². The van der Waals surface area contributed by atoms with Gasteiger partial charge in [-0.25, -0.2) is 0 Å². The molecule has 2 heterocycles. The van der Waals surface area contributed by atoms with E-state index in [1.54, 1.807) is 4.88 Å². The van der Waals surface area contributed by atoms with Crippen LogP contribution in [0.1, 0.15) is 49.8 Å². The highest BCUT2D eigenvalue weighted by Crippen LogP contribution is 2.38. The van der Waals surface area contributed by atoms with Gasteiger partial charge >= 0.3 is 0 Å². The van der Waals surface area contributed by atoms with Gasteiger partial charge in [0.2, 0.25) is 0 Å². The third-order valence-electron chi connectivity index (χ3n) is 4.39. The van der Waals surface area contributed by atoms with E-state index in [1.165, 1.54) is 37.2 Å². The van der Waals surface area contributed by atoms with Crippen LogP contribution >= 0.6 is 11.3 Å². The molecular formula is C16H26N2S. The van der Waals surface area contributed by atoms with Gasteiger partial charge in [0, 0.05) is 41.0 Å². The lowest BCUT2D eigenvalue weighted by Crippen LogP contribution is -2.34. The standard InChI is InChI=1S/C16H26N2S/c1-16(2,3)17-9-14-6-7-15(19-14)11-18-10-12-4-5-13(18)8-12/h6-7,12-13,17H,4-5,8-11H2,1-3H3. The van der Waals surface area contributed by atoms with Crippen LogP contribution in [0.15, 0.2) is 12.1 Å². The summed E-state index contributed by atoms with van der Waals surface area (Å²) in [6, 6.07) is 5.52. The van der Waals surface area contributed by atoms with Crippen molar-refractivity contribution in [3.8, 4) is 0 Å². The molecule has 1 saturated carbocycles. The zero-order valence-electron chi connectivity index (χ0n) is 12.4. The van der Waals surface area contributed by atoms with E-state index >= 15 is 0 Å². The molecule has 2 bridgehead atoms. The van der Waals surface area contributed by atoms with Crippen molar-refractivity contribution in [1.29, 1.82) is 0 Å². The highest BCUT2D eigenvalue weighted by atomic mass is 32.1. The number of rotatable bonds is 4. The van der Waals surface area contributed by atoms with E-state index in [2.05, 4.69) is 43.1 Å². The van der Waals surface area contributed by atoms with Gasteiger partial charge in [-0.3, -0.25) is 4.90 Å². The lowest BCUT2D eigenvalue weighted by molar-refractivity contribution is 0.207. The Bertz CT molecular complexity index is 432. The molecule has 2 aliphatic rings. The molecule has 0 radical (unpaired) electrons. The van der Waals surface area contributed by atoms with Crippen molar-refractivity contribution >= 4 is 11.3 Å². The zero-order valence-corrected chi connectivity index (χ0v) is 13.2. The molecule has 1 aliphatic carbocycles. The second-order valence-corrected chi connectivity index (χ2v) is 8.49. The molecule has 2 unspecified atom stereocenters. The number of fused-ring (bicyclic) bond motifs is 2. The van der Waals surface area contributed by atoms with Crippen molar-refractivity contribution in [3.63, 3.8) is 0 Å². The van der Waals surface area contributed by atoms with Gasteiger partial charge in [0.1, 0.15) is 0 Å². The van der Waals surface area contributed by atoms with Crippen LogP contribution in [0.4, 0.5) is 0 Å². The van der Waals surface area contributed by atoms with Crippen LogP contribution in [0.5, 0.6) is 0 Å². The molecule has 19 heavy (non-hydrogen) atoms. The van der Waals surface area contributed by atoms with Crippen LogP contribution in [0.3, 0.4) is 0 Å². The molecule has 3 rings (SSSR count). The molecular weight excluding hydrogens is 252 g/mol. The molecule has 1 saturated heterocycles. The second-order valence-electron chi connectivity index (χ2n) is 7.23. The monoisotopic (exact) mass is 278 g/mol. The Hall–Kier alpha value is -0.380. The lowest BCUT2D eigenvalue weighted by Gasteiger charge is -2.26. The molecule has 1 aromatic rings. The van der Waals surface area contributed by atoms with Crippen LogP contribution < -0.4 is 5.32 Å². The average molecular weight is 278 g/mol. The zero-order chi connectivity index (χ0) is 13.5. The summed E-state index contributed by atoms with van der Waals surface area (Å²) in [4.78, 5) is 5.72.